The van der Waals surface area contributed by atoms with E-state index in [2.05, 4.69) is 30.7 Å². The van der Waals surface area contributed by atoms with Gasteiger partial charge in [-0.15, -0.1) is 5.10 Å². The minimum atomic E-state index is -0.293. The van der Waals surface area contributed by atoms with E-state index in [9.17, 15) is 9.18 Å². The topological polar surface area (TPSA) is 99.4 Å². The lowest BCUT2D eigenvalue weighted by Crippen LogP contribution is -2.24. The van der Waals surface area contributed by atoms with Crippen molar-refractivity contribution in [1.29, 1.82) is 0 Å². The summed E-state index contributed by atoms with van der Waals surface area (Å²) in [7, 11) is 0. The number of carbonyl (C=O) groups excluding carboxylic acids is 1. The monoisotopic (exact) mass is 340 g/mol. The maximum atomic E-state index is 13.2. The Labute approximate surface area is 143 Å². The standard InChI is InChI=1S/C17H17FN6O/c18-11-4-1-3-10(7-11)8-15-20-17(24-23-15)21-16(25)12-5-2-6-14-13(12)9-19-22-14/h1,3-4,7,9,12H,2,5-6,8H2,(H,19,22)(H2,20,21,23,24,25). The molecule has 0 bridgehead atoms. The number of aryl methyl sites for hydroxylation is 1. The summed E-state index contributed by atoms with van der Waals surface area (Å²) in [5, 5.41) is 16.5. The molecule has 3 aromatic rings. The van der Waals surface area contributed by atoms with Crippen molar-refractivity contribution in [2.45, 2.75) is 31.6 Å². The molecule has 2 aromatic heterocycles. The molecule has 0 spiro atoms. The second-order valence-electron chi connectivity index (χ2n) is 6.15. The third kappa shape index (κ3) is 3.28. The number of H-pyrrole nitrogens is 2. The lowest BCUT2D eigenvalue weighted by Gasteiger charge is -2.20. The van der Waals surface area contributed by atoms with Gasteiger partial charge in [-0.25, -0.2) is 4.39 Å². The smallest absolute Gasteiger partial charge is 0.248 e. The van der Waals surface area contributed by atoms with E-state index in [4.69, 9.17) is 0 Å². The Morgan fingerprint density at radius 1 is 1.36 bits per heavy atom. The lowest BCUT2D eigenvalue weighted by atomic mass is 9.86. The van der Waals surface area contributed by atoms with Crippen LogP contribution in [0.1, 0.15) is 41.4 Å². The van der Waals surface area contributed by atoms with Gasteiger partial charge in [-0.3, -0.25) is 20.3 Å². The molecule has 7 nitrogen and oxygen atoms in total. The van der Waals surface area contributed by atoms with E-state index in [-0.39, 0.29) is 23.6 Å². The van der Waals surface area contributed by atoms with Crippen LogP contribution in [0.5, 0.6) is 0 Å². The van der Waals surface area contributed by atoms with Crippen LogP contribution in [0.25, 0.3) is 0 Å². The molecule has 0 radical (unpaired) electrons. The van der Waals surface area contributed by atoms with E-state index in [1.807, 2.05) is 6.07 Å². The number of hydrogen-bond acceptors (Lipinski definition) is 4. The molecule has 0 saturated heterocycles. The number of fused-ring (bicyclic) bond motifs is 1. The van der Waals surface area contributed by atoms with Crippen LogP contribution < -0.4 is 5.32 Å². The maximum absolute atomic E-state index is 13.2. The molecule has 3 N–H and O–H groups in total. The van der Waals surface area contributed by atoms with Gasteiger partial charge in [-0.2, -0.15) is 10.1 Å². The molecule has 0 aliphatic heterocycles. The number of benzene rings is 1. The Morgan fingerprint density at radius 3 is 3.16 bits per heavy atom. The van der Waals surface area contributed by atoms with Crippen molar-refractivity contribution >= 4 is 11.9 Å². The number of hydrogen-bond donors (Lipinski definition) is 3. The van der Waals surface area contributed by atoms with Crippen molar-refractivity contribution in [1.82, 2.24) is 25.4 Å². The average Bonchev–Trinajstić information content (AvgIpc) is 3.23. The van der Waals surface area contributed by atoms with Crippen molar-refractivity contribution in [2.75, 3.05) is 5.32 Å². The van der Waals surface area contributed by atoms with E-state index >= 15 is 0 Å². The van der Waals surface area contributed by atoms with Crippen molar-refractivity contribution in [3.05, 3.63) is 58.9 Å². The number of anilines is 1. The van der Waals surface area contributed by atoms with Crippen LogP contribution in [0.2, 0.25) is 0 Å². The van der Waals surface area contributed by atoms with E-state index in [1.54, 1.807) is 12.3 Å². The number of carbonyl (C=O) groups is 1. The molecule has 1 unspecified atom stereocenters. The van der Waals surface area contributed by atoms with E-state index in [1.165, 1.54) is 12.1 Å². The van der Waals surface area contributed by atoms with E-state index < -0.39 is 0 Å². The molecule has 1 atom stereocenters. The van der Waals surface area contributed by atoms with Crippen LogP contribution in [-0.4, -0.2) is 31.3 Å². The van der Waals surface area contributed by atoms with Crippen LogP contribution in [0.4, 0.5) is 10.3 Å². The fourth-order valence-corrected chi connectivity index (χ4v) is 3.20. The van der Waals surface area contributed by atoms with Gasteiger partial charge in [0, 0.05) is 17.7 Å². The van der Waals surface area contributed by atoms with Crippen LogP contribution in [0.3, 0.4) is 0 Å². The Bertz CT molecular complexity index is 902. The molecule has 1 aromatic carbocycles. The molecule has 128 valence electrons. The normalized spacial score (nSPS) is 16.4. The Morgan fingerprint density at radius 2 is 2.28 bits per heavy atom. The minimum Gasteiger partial charge on any atom is -0.293 e. The molecule has 1 aliphatic carbocycles. The van der Waals surface area contributed by atoms with Crippen LogP contribution in [0.15, 0.2) is 30.5 Å². The van der Waals surface area contributed by atoms with Gasteiger partial charge in [0.25, 0.3) is 0 Å². The fourth-order valence-electron chi connectivity index (χ4n) is 3.20. The molecule has 8 heteroatoms. The molecule has 0 saturated carbocycles. The fraction of sp³-hybridized carbons (Fsp3) is 0.294. The first-order valence-electron chi connectivity index (χ1n) is 8.18. The summed E-state index contributed by atoms with van der Waals surface area (Å²) < 4.78 is 13.2. The molecular formula is C17H17FN6O. The first-order valence-corrected chi connectivity index (χ1v) is 8.18. The van der Waals surface area contributed by atoms with Crippen molar-refractivity contribution in [3.63, 3.8) is 0 Å². The van der Waals surface area contributed by atoms with E-state index in [0.717, 1.165) is 36.1 Å². The SMILES string of the molecule is O=C(Nc1n[nH]c(Cc2cccc(F)c2)n1)C1CCCc2[nH]ncc21. The van der Waals surface area contributed by atoms with Gasteiger partial charge in [-0.05, 0) is 37.0 Å². The van der Waals surface area contributed by atoms with Crippen molar-refractivity contribution in [3.8, 4) is 0 Å². The number of amides is 1. The molecular weight excluding hydrogens is 323 g/mol. The Balaban J connectivity index is 1.44. The zero-order chi connectivity index (χ0) is 17.2. The first-order chi connectivity index (χ1) is 12.2. The van der Waals surface area contributed by atoms with Gasteiger partial charge in [0.1, 0.15) is 11.6 Å². The average molecular weight is 340 g/mol. The third-order valence-electron chi connectivity index (χ3n) is 4.39. The summed E-state index contributed by atoms with van der Waals surface area (Å²) in [5.74, 6) is 0.116. The van der Waals surface area contributed by atoms with Crippen molar-refractivity contribution < 1.29 is 9.18 Å². The quantitative estimate of drug-likeness (QED) is 0.678. The van der Waals surface area contributed by atoms with Gasteiger partial charge >= 0.3 is 0 Å². The minimum absolute atomic E-state index is 0.140. The highest BCUT2D eigenvalue weighted by atomic mass is 19.1. The molecule has 0 fully saturated rings. The van der Waals surface area contributed by atoms with Crippen LogP contribution in [0, 0.1) is 5.82 Å². The second kappa shape index (κ2) is 6.46. The number of nitrogens with one attached hydrogen (secondary N) is 3. The highest BCUT2D eigenvalue weighted by Crippen LogP contribution is 2.30. The lowest BCUT2D eigenvalue weighted by molar-refractivity contribution is -0.117. The van der Waals surface area contributed by atoms with Crippen LogP contribution in [-0.2, 0) is 17.6 Å². The predicted molar refractivity (Wildman–Crippen MR) is 88.5 cm³/mol. The van der Waals surface area contributed by atoms with Gasteiger partial charge in [-0.1, -0.05) is 12.1 Å². The summed E-state index contributed by atoms with van der Waals surface area (Å²) in [6.07, 6.45) is 4.75. The number of aromatic amines is 2. The van der Waals surface area contributed by atoms with Crippen LogP contribution >= 0.6 is 0 Å². The van der Waals surface area contributed by atoms with Gasteiger partial charge in [0.05, 0.1) is 12.1 Å². The Hall–Kier alpha value is -3.03. The van der Waals surface area contributed by atoms with Gasteiger partial charge < -0.3 is 0 Å². The molecule has 2 heterocycles. The highest BCUT2D eigenvalue weighted by molar-refractivity contribution is 5.94. The summed E-state index contributed by atoms with van der Waals surface area (Å²) in [4.78, 5) is 16.8. The first kappa shape index (κ1) is 15.5. The molecule has 25 heavy (non-hydrogen) atoms. The van der Waals surface area contributed by atoms with Gasteiger partial charge in [0.15, 0.2) is 0 Å². The predicted octanol–water partition coefficient (Wildman–Crippen LogP) is 2.32. The zero-order valence-electron chi connectivity index (χ0n) is 13.4. The highest BCUT2D eigenvalue weighted by Gasteiger charge is 2.28. The summed E-state index contributed by atoms with van der Waals surface area (Å²) in [5.41, 5.74) is 2.75. The summed E-state index contributed by atoms with van der Waals surface area (Å²) in [6.45, 7) is 0. The largest absolute Gasteiger partial charge is 0.293 e. The molecule has 1 aliphatic rings. The number of nitrogens with zero attached hydrogens (tertiary/aromatic N) is 3. The number of aromatic nitrogens is 5. The molecule has 1 amide bonds. The summed E-state index contributed by atoms with van der Waals surface area (Å²) in [6, 6.07) is 6.30. The van der Waals surface area contributed by atoms with Crippen molar-refractivity contribution in [2.24, 2.45) is 0 Å². The third-order valence-corrected chi connectivity index (χ3v) is 4.39. The Kier molecular flexibility index (Phi) is 4.01. The number of rotatable bonds is 4. The second-order valence-corrected chi connectivity index (χ2v) is 6.15. The number of halogens is 1. The van der Waals surface area contributed by atoms with E-state index in [0.29, 0.717) is 12.2 Å². The molecule has 4 rings (SSSR count). The van der Waals surface area contributed by atoms with Gasteiger partial charge in [0.2, 0.25) is 11.9 Å². The zero-order valence-corrected chi connectivity index (χ0v) is 13.4. The summed E-state index contributed by atoms with van der Waals surface area (Å²) >= 11 is 0. The maximum Gasteiger partial charge on any atom is 0.248 e.